The van der Waals surface area contributed by atoms with E-state index in [1.54, 1.807) is 10.4 Å². The van der Waals surface area contributed by atoms with Gasteiger partial charge >= 0.3 is 0 Å². The van der Waals surface area contributed by atoms with Crippen molar-refractivity contribution in [1.82, 2.24) is 10.4 Å². The average molecular weight is 247 g/mol. The second kappa shape index (κ2) is 8.67. The third kappa shape index (κ3) is 8.37. The molecule has 0 aliphatic heterocycles. The van der Waals surface area contributed by atoms with Crippen molar-refractivity contribution in [3.63, 3.8) is 0 Å². The number of nitrogens with zero attached hydrogens (tertiary/aromatic N) is 3. The molecule has 0 saturated carbocycles. The molecule has 0 saturated heterocycles. The van der Waals surface area contributed by atoms with Crippen molar-refractivity contribution in [2.45, 2.75) is 25.8 Å². The minimum atomic E-state index is -0.746. The summed E-state index contributed by atoms with van der Waals surface area (Å²) in [5, 5.41) is 10.9. The molecule has 0 spiro atoms. The molecule has 0 fully saturated rings. The van der Waals surface area contributed by atoms with Crippen molar-refractivity contribution in [2.75, 3.05) is 19.6 Å². The van der Waals surface area contributed by atoms with Crippen LogP contribution in [0.4, 0.5) is 0 Å². The summed E-state index contributed by atoms with van der Waals surface area (Å²) in [6.45, 7) is 3.56. The summed E-state index contributed by atoms with van der Waals surface area (Å²) in [6.07, 6.45) is 1.57. The van der Waals surface area contributed by atoms with E-state index in [9.17, 15) is 10.1 Å². The van der Waals surface area contributed by atoms with Crippen LogP contribution < -0.4 is 22.7 Å². The van der Waals surface area contributed by atoms with Crippen molar-refractivity contribution < 1.29 is 5.03 Å². The summed E-state index contributed by atoms with van der Waals surface area (Å²) < 4.78 is 0. The van der Waals surface area contributed by atoms with E-state index in [-0.39, 0.29) is 12.0 Å². The van der Waals surface area contributed by atoms with Gasteiger partial charge in [-0.25, -0.2) is 20.1 Å². The summed E-state index contributed by atoms with van der Waals surface area (Å²) in [4.78, 5) is 13.8. The molecule has 0 rings (SSSR count). The Hall–Kier alpha value is -1.45. The van der Waals surface area contributed by atoms with Gasteiger partial charge in [0.1, 0.15) is 0 Å². The minimum absolute atomic E-state index is 0.186. The third-order valence-electron chi connectivity index (χ3n) is 2.22. The zero-order valence-electron chi connectivity index (χ0n) is 10.0. The highest BCUT2D eigenvalue weighted by Gasteiger charge is 2.08. The van der Waals surface area contributed by atoms with Gasteiger partial charge in [0.25, 0.3) is 5.96 Å². The molecule has 0 aliphatic rings. The van der Waals surface area contributed by atoms with Gasteiger partial charge in [0.05, 0.1) is 0 Å². The van der Waals surface area contributed by atoms with E-state index in [0.717, 1.165) is 12.8 Å². The lowest BCUT2D eigenvalue weighted by Gasteiger charge is -2.22. The second-order valence-electron chi connectivity index (χ2n) is 3.65. The fourth-order valence-electron chi connectivity index (χ4n) is 1.25. The number of nitrogens with one attached hydrogen (secondary N) is 1. The van der Waals surface area contributed by atoms with Crippen LogP contribution >= 0.6 is 0 Å². The van der Waals surface area contributed by atoms with Gasteiger partial charge < -0.3 is 11.5 Å². The van der Waals surface area contributed by atoms with E-state index in [0.29, 0.717) is 19.6 Å². The predicted octanol–water partition coefficient (Wildman–Crippen LogP) is -1.61. The van der Waals surface area contributed by atoms with Crippen LogP contribution in [0.5, 0.6) is 0 Å². The third-order valence-corrected chi connectivity index (χ3v) is 2.22. The van der Waals surface area contributed by atoms with Gasteiger partial charge in [-0.1, -0.05) is 5.43 Å². The number of hydrogen-bond donors (Lipinski definition) is 4. The van der Waals surface area contributed by atoms with Gasteiger partial charge in [-0.15, -0.1) is 0 Å². The first-order chi connectivity index (χ1) is 7.97. The van der Waals surface area contributed by atoms with Crippen LogP contribution in [0, 0.1) is 10.1 Å². The van der Waals surface area contributed by atoms with E-state index in [2.05, 4.69) is 4.99 Å². The number of hydrazine groups is 2. The molecule has 7 N–H and O–H groups in total. The molecule has 0 heterocycles. The first-order valence-corrected chi connectivity index (χ1v) is 5.39. The molecule has 0 unspecified atom stereocenters. The smallest absolute Gasteiger partial charge is 0.251 e. The highest BCUT2D eigenvalue weighted by Crippen LogP contribution is 2.01. The van der Waals surface area contributed by atoms with Crippen LogP contribution in [-0.4, -0.2) is 41.7 Å². The fourth-order valence-corrected chi connectivity index (χ4v) is 1.25. The standard InChI is InChI=1S/C8H21N7O2/c1-7(14(11)6-4-9)3-2-5-12-8(10)13-15(16)17/h7H,2-6,9,11H2,1H3,(H3,10,12,13)/t7-/m0/s1. The molecule has 100 valence electrons. The van der Waals surface area contributed by atoms with Crippen molar-refractivity contribution in [3.8, 4) is 0 Å². The van der Waals surface area contributed by atoms with Crippen LogP contribution in [0.2, 0.25) is 0 Å². The van der Waals surface area contributed by atoms with Crippen LogP contribution in [-0.2, 0) is 0 Å². The lowest BCUT2D eigenvalue weighted by molar-refractivity contribution is -0.525. The quantitative estimate of drug-likeness (QED) is 0.101. The number of hydrogen-bond acceptors (Lipinski definition) is 6. The molecule has 0 aromatic rings. The van der Waals surface area contributed by atoms with E-state index >= 15 is 0 Å². The first kappa shape index (κ1) is 15.6. The van der Waals surface area contributed by atoms with Gasteiger partial charge in [-0.2, -0.15) is 0 Å². The van der Waals surface area contributed by atoms with E-state index < -0.39 is 5.03 Å². The molecule has 9 nitrogen and oxygen atoms in total. The summed E-state index contributed by atoms with van der Waals surface area (Å²) in [5.74, 6) is 5.54. The Morgan fingerprint density at radius 2 is 2.29 bits per heavy atom. The monoisotopic (exact) mass is 247 g/mol. The number of rotatable bonds is 8. The van der Waals surface area contributed by atoms with E-state index in [4.69, 9.17) is 17.3 Å². The number of nitrogens with two attached hydrogens (primary N) is 3. The number of aliphatic imine (C=N–C) groups is 1. The highest BCUT2D eigenvalue weighted by atomic mass is 16.7. The molecule has 0 aromatic carbocycles. The lowest BCUT2D eigenvalue weighted by atomic mass is 10.2. The van der Waals surface area contributed by atoms with Crippen LogP contribution in [0.3, 0.4) is 0 Å². The van der Waals surface area contributed by atoms with Crippen molar-refractivity contribution in [3.05, 3.63) is 10.1 Å². The maximum absolute atomic E-state index is 10.0. The molecular weight excluding hydrogens is 226 g/mol. The maximum atomic E-state index is 10.0. The van der Waals surface area contributed by atoms with Crippen LogP contribution in [0.15, 0.2) is 4.99 Å². The average Bonchev–Trinajstić information content (AvgIpc) is 2.23. The molecule has 1 atom stereocenters. The Morgan fingerprint density at radius 3 is 2.82 bits per heavy atom. The van der Waals surface area contributed by atoms with Gasteiger partial charge in [0, 0.05) is 25.7 Å². The Balaban J connectivity index is 3.73. The first-order valence-electron chi connectivity index (χ1n) is 5.39. The van der Waals surface area contributed by atoms with Gasteiger partial charge in [-0.05, 0) is 19.8 Å². The molecular formula is C8H21N7O2. The Morgan fingerprint density at radius 1 is 1.65 bits per heavy atom. The molecule has 0 amide bonds. The van der Waals surface area contributed by atoms with Crippen molar-refractivity contribution in [2.24, 2.45) is 22.3 Å². The fraction of sp³-hybridized carbons (Fsp3) is 0.875. The number of nitro groups is 1. The molecule has 17 heavy (non-hydrogen) atoms. The minimum Gasteiger partial charge on any atom is -0.365 e. The van der Waals surface area contributed by atoms with Crippen LogP contribution in [0.25, 0.3) is 0 Å². The zero-order chi connectivity index (χ0) is 13.3. The highest BCUT2D eigenvalue weighted by molar-refractivity contribution is 5.76. The Kier molecular flexibility index (Phi) is 7.93. The normalized spacial score (nSPS) is 13.8. The molecule has 0 aromatic heterocycles. The van der Waals surface area contributed by atoms with Gasteiger partial charge in [0.2, 0.25) is 0 Å². The topological polar surface area (TPSA) is 149 Å². The number of guanidine groups is 1. The van der Waals surface area contributed by atoms with Gasteiger partial charge in [0.15, 0.2) is 5.03 Å². The summed E-state index contributed by atoms with van der Waals surface area (Å²) in [6, 6.07) is 0.193. The molecule has 0 aliphatic carbocycles. The van der Waals surface area contributed by atoms with E-state index in [1.807, 2.05) is 6.92 Å². The summed E-state index contributed by atoms with van der Waals surface area (Å²) in [5.41, 5.74) is 12.4. The largest absolute Gasteiger partial charge is 0.365 e. The maximum Gasteiger partial charge on any atom is 0.251 e. The summed E-state index contributed by atoms with van der Waals surface area (Å²) >= 11 is 0. The van der Waals surface area contributed by atoms with Crippen LogP contribution in [0.1, 0.15) is 19.8 Å². The lowest BCUT2D eigenvalue weighted by Crippen LogP contribution is -2.42. The zero-order valence-corrected chi connectivity index (χ0v) is 10.0. The Labute approximate surface area is 100 Å². The Bertz CT molecular complexity index is 258. The SMILES string of the molecule is C[C@@H](CCCN=C(N)N[N+](=O)[O-])N(N)CCN. The molecule has 0 radical (unpaired) electrons. The predicted molar refractivity (Wildman–Crippen MR) is 65.3 cm³/mol. The molecule has 0 bridgehead atoms. The second-order valence-corrected chi connectivity index (χ2v) is 3.65. The van der Waals surface area contributed by atoms with E-state index in [1.165, 1.54) is 0 Å². The molecule has 9 heteroatoms. The van der Waals surface area contributed by atoms with Gasteiger partial charge in [-0.3, -0.25) is 5.84 Å². The van der Waals surface area contributed by atoms with Crippen molar-refractivity contribution >= 4 is 5.96 Å². The van der Waals surface area contributed by atoms with Crippen molar-refractivity contribution in [1.29, 1.82) is 0 Å². The summed E-state index contributed by atoms with van der Waals surface area (Å²) in [7, 11) is 0.